The first-order valence-corrected chi connectivity index (χ1v) is 6.89. The van der Waals surface area contributed by atoms with Crippen LogP contribution >= 0.6 is 23.8 Å². The van der Waals surface area contributed by atoms with E-state index in [-0.39, 0.29) is 4.99 Å². The molecule has 0 radical (unpaired) electrons. The van der Waals surface area contributed by atoms with E-state index in [0.29, 0.717) is 34.4 Å². The van der Waals surface area contributed by atoms with Gasteiger partial charge in [0.2, 0.25) is 0 Å². The summed E-state index contributed by atoms with van der Waals surface area (Å²) in [5.41, 5.74) is 6.20. The maximum atomic E-state index is 6.11. The summed E-state index contributed by atoms with van der Waals surface area (Å²) >= 11 is 11.0. The number of hydrogen-bond donors (Lipinski definition) is 1. The van der Waals surface area contributed by atoms with Gasteiger partial charge in [0.25, 0.3) is 0 Å². The van der Waals surface area contributed by atoms with Crippen molar-refractivity contribution in [3.63, 3.8) is 0 Å². The van der Waals surface area contributed by atoms with Crippen LogP contribution in [0, 0.1) is 0 Å². The lowest BCUT2D eigenvalue weighted by molar-refractivity contribution is 0.321. The van der Waals surface area contributed by atoms with E-state index in [1.54, 1.807) is 18.2 Å². The molecule has 20 heavy (non-hydrogen) atoms. The Morgan fingerprint density at radius 3 is 2.50 bits per heavy atom. The van der Waals surface area contributed by atoms with Gasteiger partial charge in [-0.05, 0) is 31.2 Å². The molecule has 0 amide bonds. The molecule has 0 aromatic heterocycles. The molecule has 104 valence electrons. The summed E-state index contributed by atoms with van der Waals surface area (Å²) in [6, 6.07) is 12.6. The van der Waals surface area contributed by atoms with Gasteiger partial charge in [-0.2, -0.15) is 0 Å². The van der Waals surface area contributed by atoms with E-state index in [1.807, 2.05) is 31.2 Å². The number of benzene rings is 2. The molecular formula is C15H14ClNO2S. The van der Waals surface area contributed by atoms with E-state index in [2.05, 4.69) is 0 Å². The van der Waals surface area contributed by atoms with Crippen LogP contribution in [0.4, 0.5) is 0 Å². The lowest BCUT2D eigenvalue weighted by Crippen LogP contribution is -2.09. The molecule has 2 rings (SSSR count). The Labute approximate surface area is 128 Å². The molecule has 0 heterocycles. The van der Waals surface area contributed by atoms with Gasteiger partial charge in [0, 0.05) is 11.6 Å². The lowest BCUT2D eigenvalue weighted by atomic mass is 10.2. The minimum atomic E-state index is 0.260. The van der Waals surface area contributed by atoms with Crippen molar-refractivity contribution in [2.75, 3.05) is 6.61 Å². The molecule has 2 aromatic carbocycles. The summed E-state index contributed by atoms with van der Waals surface area (Å²) in [4.78, 5) is 0.260. The fourth-order valence-electron chi connectivity index (χ4n) is 1.70. The van der Waals surface area contributed by atoms with Crippen LogP contribution in [0.3, 0.4) is 0 Å². The van der Waals surface area contributed by atoms with Gasteiger partial charge >= 0.3 is 0 Å². The second-order valence-electron chi connectivity index (χ2n) is 3.99. The molecule has 0 unspecified atom stereocenters. The molecule has 0 saturated carbocycles. The maximum Gasteiger partial charge on any atom is 0.169 e. The first kappa shape index (κ1) is 14.6. The Kier molecular flexibility index (Phi) is 4.82. The van der Waals surface area contributed by atoms with Crippen molar-refractivity contribution in [2.45, 2.75) is 6.92 Å². The number of ether oxygens (including phenoxy) is 2. The zero-order valence-corrected chi connectivity index (χ0v) is 12.5. The maximum absolute atomic E-state index is 6.11. The van der Waals surface area contributed by atoms with Crippen molar-refractivity contribution in [1.29, 1.82) is 0 Å². The predicted octanol–water partition coefficient (Wildman–Crippen LogP) is 4.17. The van der Waals surface area contributed by atoms with E-state index >= 15 is 0 Å². The molecule has 2 N–H and O–H groups in total. The van der Waals surface area contributed by atoms with Gasteiger partial charge in [-0.1, -0.05) is 36.0 Å². The van der Waals surface area contributed by atoms with E-state index in [4.69, 9.17) is 39.0 Å². The van der Waals surface area contributed by atoms with Crippen molar-refractivity contribution in [3.8, 4) is 17.2 Å². The molecule has 0 bridgehead atoms. The minimum Gasteiger partial charge on any atom is -0.490 e. The highest BCUT2D eigenvalue weighted by Crippen LogP contribution is 2.33. The van der Waals surface area contributed by atoms with Crippen molar-refractivity contribution >= 4 is 28.8 Å². The highest BCUT2D eigenvalue weighted by Gasteiger charge is 2.08. The number of nitrogens with two attached hydrogens (primary N) is 1. The molecule has 3 nitrogen and oxygen atoms in total. The van der Waals surface area contributed by atoms with Gasteiger partial charge in [0.1, 0.15) is 10.7 Å². The molecule has 2 aromatic rings. The van der Waals surface area contributed by atoms with Crippen molar-refractivity contribution in [3.05, 3.63) is 53.1 Å². The Balaban J connectivity index is 2.26. The average Bonchev–Trinajstić information content (AvgIpc) is 2.41. The van der Waals surface area contributed by atoms with Crippen molar-refractivity contribution in [2.24, 2.45) is 5.73 Å². The average molecular weight is 308 g/mol. The Hall–Kier alpha value is -1.78. The summed E-state index contributed by atoms with van der Waals surface area (Å²) in [6.07, 6.45) is 0. The Morgan fingerprint density at radius 1 is 1.20 bits per heavy atom. The summed E-state index contributed by atoms with van der Waals surface area (Å²) in [7, 11) is 0. The second kappa shape index (κ2) is 6.59. The third-order valence-electron chi connectivity index (χ3n) is 2.58. The topological polar surface area (TPSA) is 44.5 Å². The summed E-state index contributed by atoms with van der Waals surface area (Å²) in [6.45, 7) is 2.49. The van der Waals surface area contributed by atoms with Crippen LogP contribution in [-0.2, 0) is 0 Å². The molecule has 5 heteroatoms. The molecule has 0 aliphatic rings. The molecule has 0 spiro atoms. The minimum absolute atomic E-state index is 0.260. The third-order valence-corrected chi connectivity index (χ3v) is 3.12. The van der Waals surface area contributed by atoms with Crippen LogP contribution in [0.1, 0.15) is 12.5 Å². The first-order valence-electron chi connectivity index (χ1n) is 6.11. The zero-order valence-electron chi connectivity index (χ0n) is 10.9. The third kappa shape index (κ3) is 3.40. The number of thiocarbonyl (C=S) groups is 1. The van der Waals surface area contributed by atoms with Gasteiger partial charge in [0.15, 0.2) is 11.5 Å². The molecule has 0 atom stereocenters. The number of rotatable bonds is 5. The fourth-order valence-corrected chi connectivity index (χ4v) is 2.20. The largest absolute Gasteiger partial charge is 0.490 e. The van der Waals surface area contributed by atoms with Crippen LogP contribution in [0.5, 0.6) is 17.2 Å². The van der Waals surface area contributed by atoms with Crippen LogP contribution in [0.15, 0.2) is 42.5 Å². The van der Waals surface area contributed by atoms with Gasteiger partial charge in [-0.25, -0.2) is 0 Å². The van der Waals surface area contributed by atoms with E-state index in [9.17, 15) is 0 Å². The zero-order chi connectivity index (χ0) is 14.5. The SMILES string of the molecule is CCOc1ccccc1Oc1ccc(C(N)=S)c(Cl)c1. The number of para-hydroxylation sites is 2. The van der Waals surface area contributed by atoms with Gasteiger partial charge in [-0.15, -0.1) is 0 Å². The number of hydrogen-bond acceptors (Lipinski definition) is 3. The van der Waals surface area contributed by atoms with Gasteiger partial charge in [-0.3, -0.25) is 0 Å². The highest BCUT2D eigenvalue weighted by atomic mass is 35.5. The van der Waals surface area contributed by atoms with Crippen LogP contribution in [0.2, 0.25) is 5.02 Å². The molecule has 0 fully saturated rings. The molecular weight excluding hydrogens is 294 g/mol. The Bertz CT molecular complexity index is 631. The molecule has 0 aliphatic heterocycles. The fraction of sp³-hybridized carbons (Fsp3) is 0.133. The second-order valence-corrected chi connectivity index (χ2v) is 4.83. The van der Waals surface area contributed by atoms with E-state index < -0.39 is 0 Å². The van der Waals surface area contributed by atoms with Crippen molar-refractivity contribution < 1.29 is 9.47 Å². The van der Waals surface area contributed by atoms with Crippen LogP contribution in [-0.4, -0.2) is 11.6 Å². The summed E-state index contributed by atoms with van der Waals surface area (Å²) in [5, 5.41) is 0.462. The molecule has 0 aliphatic carbocycles. The summed E-state index contributed by atoms with van der Waals surface area (Å²) < 4.78 is 11.3. The van der Waals surface area contributed by atoms with Crippen LogP contribution in [0.25, 0.3) is 0 Å². The smallest absolute Gasteiger partial charge is 0.169 e. The van der Waals surface area contributed by atoms with Crippen molar-refractivity contribution in [1.82, 2.24) is 0 Å². The van der Waals surface area contributed by atoms with Crippen LogP contribution < -0.4 is 15.2 Å². The van der Waals surface area contributed by atoms with E-state index in [1.165, 1.54) is 0 Å². The van der Waals surface area contributed by atoms with E-state index in [0.717, 1.165) is 0 Å². The summed E-state index contributed by atoms with van der Waals surface area (Å²) in [5.74, 6) is 1.92. The standard InChI is InChI=1S/C15H14ClNO2S/c1-2-18-13-5-3-4-6-14(13)19-10-7-8-11(15(17)20)12(16)9-10/h3-9H,2H2,1H3,(H2,17,20). The van der Waals surface area contributed by atoms with Gasteiger partial charge < -0.3 is 15.2 Å². The molecule has 0 saturated heterocycles. The monoisotopic (exact) mass is 307 g/mol. The Morgan fingerprint density at radius 2 is 1.90 bits per heavy atom. The lowest BCUT2D eigenvalue weighted by Gasteiger charge is -2.12. The quantitative estimate of drug-likeness (QED) is 0.842. The normalized spacial score (nSPS) is 10.1. The first-order chi connectivity index (χ1) is 9.61. The van der Waals surface area contributed by atoms with Gasteiger partial charge in [0.05, 0.1) is 11.6 Å². The number of halogens is 1. The highest BCUT2D eigenvalue weighted by molar-refractivity contribution is 7.80. The predicted molar refractivity (Wildman–Crippen MR) is 85.0 cm³/mol.